The summed E-state index contributed by atoms with van der Waals surface area (Å²) in [5.41, 5.74) is 3.55. The summed E-state index contributed by atoms with van der Waals surface area (Å²) in [5, 5.41) is 16.7. The lowest BCUT2D eigenvalue weighted by Gasteiger charge is -2.65. The zero-order chi connectivity index (χ0) is 52.9. The highest BCUT2D eigenvalue weighted by Gasteiger charge is 2.65. The Morgan fingerprint density at radius 3 is 2.36 bits per heavy atom. The van der Waals surface area contributed by atoms with Gasteiger partial charge in [-0.1, -0.05) is 102 Å². The van der Waals surface area contributed by atoms with Gasteiger partial charge < -0.3 is 35.0 Å². The molecule has 0 radical (unpaired) electrons. The minimum atomic E-state index is -2.75. The molecule has 1 aliphatic heterocycles. The van der Waals surface area contributed by atoms with Crippen molar-refractivity contribution in [3.63, 3.8) is 0 Å². The average Bonchev–Trinajstić information content (AvgIpc) is 3.93. The first-order valence-corrected chi connectivity index (χ1v) is 24.4. The fourth-order valence-electron chi connectivity index (χ4n) is 9.78. The largest absolute Gasteiger partial charge is 0.489 e. The van der Waals surface area contributed by atoms with Gasteiger partial charge in [0.15, 0.2) is 0 Å². The van der Waals surface area contributed by atoms with Gasteiger partial charge in [-0.3, -0.25) is 19.2 Å². The fraction of sp³-hybridized carbons (Fsp3) is 0.481. The first-order chi connectivity index (χ1) is 33.7. The van der Waals surface area contributed by atoms with Crippen LogP contribution in [-0.2, 0) is 19.1 Å². The van der Waals surface area contributed by atoms with Gasteiger partial charge in [0.1, 0.15) is 30.5 Å². The normalized spacial score (nSPS) is 20.8. The van der Waals surface area contributed by atoms with Crippen molar-refractivity contribution in [2.45, 2.75) is 124 Å². The predicted octanol–water partition coefficient (Wildman–Crippen LogP) is 9.19. The highest BCUT2D eigenvalue weighted by atomic mass is 35.5. The van der Waals surface area contributed by atoms with Crippen molar-refractivity contribution in [2.24, 2.45) is 16.2 Å². The van der Waals surface area contributed by atoms with Crippen molar-refractivity contribution in [2.75, 3.05) is 26.7 Å². The number of carbonyl (C=O) groups excluding carboxylic acids is 4. The molecule has 2 fully saturated rings. The summed E-state index contributed by atoms with van der Waals surface area (Å²) in [6, 6.07) is 16.2. The van der Waals surface area contributed by atoms with E-state index in [-0.39, 0.29) is 48.7 Å². The van der Waals surface area contributed by atoms with Crippen molar-refractivity contribution < 1.29 is 37.9 Å². The molecule has 4 atom stereocenters. The van der Waals surface area contributed by atoms with E-state index in [0.29, 0.717) is 36.3 Å². The number of aromatic nitrogens is 1. The van der Waals surface area contributed by atoms with Gasteiger partial charge in [0.2, 0.25) is 23.4 Å². The van der Waals surface area contributed by atoms with E-state index in [9.17, 15) is 24.3 Å². The molecule has 2 aliphatic rings. The number of thiazole rings is 1. The van der Waals surface area contributed by atoms with E-state index >= 15 is 0 Å². The van der Waals surface area contributed by atoms with Crippen LogP contribution in [-0.4, -0.2) is 101 Å². The number of β-amino-alcohol motifs (C(OH)–C–C–N with tert-alkyl or cyclic N) is 1. The van der Waals surface area contributed by atoms with E-state index < -0.39 is 71.3 Å². The van der Waals surface area contributed by atoms with Crippen molar-refractivity contribution in [3.05, 3.63) is 111 Å². The van der Waals surface area contributed by atoms with Crippen molar-refractivity contribution in [1.29, 1.82) is 0 Å². The molecule has 4 amide bonds. The van der Waals surface area contributed by atoms with Crippen molar-refractivity contribution in [3.8, 4) is 28.0 Å². The van der Waals surface area contributed by atoms with E-state index in [1.54, 1.807) is 59.3 Å². The second-order valence-electron chi connectivity index (χ2n) is 20.2. The van der Waals surface area contributed by atoms with Crippen LogP contribution in [0.4, 0.5) is 5.69 Å². The topological polar surface area (TPSA) is 155 Å². The van der Waals surface area contributed by atoms with Crippen LogP contribution >= 0.6 is 22.9 Å². The zero-order valence-electron chi connectivity index (χ0n) is 43.8. The summed E-state index contributed by atoms with van der Waals surface area (Å²) in [5.74, 6) is 4.68. The van der Waals surface area contributed by atoms with Gasteiger partial charge in [0.25, 0.3) is 5.91 Å². The number of hydrogen-bond acceptors (Lipinski definition) is 9. The molecule has 3 aromatic carbocycles. The SMILES string of the molecule is [2H]C([2H])([2H])N(C(=O)c1ccc(C#CCCCCOCC(=O)N[C@H](C(=O)N2C[C@H](O)C[C@H]2C(=O)N[C@@H](C)c2ccc(-c3scnc3C)cc2)C(C)(C)C)cc1)C1C(C)(C)C(Oc2ccc([N+]#[C-])c(Cl)c2)C1(C)C. The molecule has 1 aliphatic carbocycles. The van der Waals surface area contributed by atoms with Crippen LogP contribution in [0.15, 0.2) is 72.2 Å². The number of halogens is 1. The van der Waals surface area contributed by atoms with Gasteiger partial charge in [-0.25, -0.2) is 9.83 Å². The molecule has 0 unspecified atom stereocenters. The quantitative estimate of drug-likeness (QED) is 0.0571. The molecule has 0 bridgehead atoms. The Kier molecular flexibility index (Phi) is 15.3. The van der Waals surface area contributed by atoms with Gasteiger partial charge in [0, 0.05) is 65.1 Å². The second-order valence-corrected chi connectivity index (χ2v) is 21.5. The third-order valence-electron chi connectivity index (χ3n) is 13.0. The van der Waals surface area contributed by atoms with Gasteiger partial charge in [-0.05, 0) is 79.6 Å². The number of nitrogens with one attached hydrogen (secondary N) is 2. The predicted molar refractivity (Wildman–Crippen MR) is 270 cm³/mol. The molecule has 2 heterocycles. The van der Waals surface area contributed by atoms with Crippen LogP contribution in [0.25, 0.3) is 15.3 Å². The number of benzene rings is 3. The van der Waals surface area contributed by atoms with Crippen LogP contribution in [0, 0.1) is 41.6 Å². The highest BCUT2D eigenvalue weighted by Crippen LogP contribution is 2.58. The number of aliphatic hydroxyl groups excluding tert-OH is 1. The lowest BCUT2D eigenvalue weighted by molar-refractivity contribution is -0.195. The van der Waals surface area contributed by atoms with Gasteiger partial charge in [-0.15, -0.1) is 11.3 Å². The fourth-order valence-corrected chi connectivity index (χ4v) is 10.8. The molecule has 0 spiro atoms. The highest BCUT2D eigenvalue weighted by molar-refractivity contribution is 7.13. The molecular formula is C54H65ClN6O7S. The smallest absolute Gasteiger partial charge is 0.253 e. The van der Waals surface area contributed by atoms with Crippen molar-refractivity contribution in [1.82, 2.24) is 25.4 Å². The first kappa shape index (κ1) is 48.3. The number of nitrogens with zero attached hydrogens (tertiary/aromatic N) is 4. The third-order valence-corrected chi connectivity index (χ3v) is 14.3. The van der Waals surface area contributed by atoms with Crippen molar-refractivity contribution >= 4 is 52.3 Å². The monoisotopic (exact) mass is 979 g/mol. The molecule has 15 heteroatoms. The van der Waals surface area contributed by atoms with Crippen LogP contribution < -0.4 is 15.4 Å². The number of aliphatic hydroxyl groups is 1. The van der Waals surface area contributed by atoms with E-state index in [4.69, 9.17) is 31.8 Å². The molecule has 4 aromatic rings. The summed E-state index contributed by atoms with van der Waals surface area (Å²) in [7, 11) is 0. The van der Waals surface area contributed by atoms with Crippen LogP contribution in [0.3, 0.4) is 0 Å². The lowest BCUT2D eigenvalue weighted by atomic mass is 9.49. The molecule has 69 heavy (non-hydrogen) atoms. The number of carbonyl (C=O) groups is 4. The Labute approximate surface area is 420 Å². The Morgan fingerprint density at radius 1 is 1.06 bits per heavy atom. The number of amides is 4. The van der Waals surface area contributed by atoms with Gasteiger partial charge in [0.05, 0.1) is 39.8 Å². The summed E-state index contributed by atoms with van der Waals surface area (Å²) < 4.78 is 37.3. The maximum atomic E-state index is 14.1. The molecule has 1 saturated carbocycles. The summed E-state index contributed by atoms with van der Waals surface area (Å²) >= 11 is 7.82. The lowest BCUT2D eigenvalue weighted by Crippen LogP contribution is -2.74. The Balaban J connectivity index is 0.954. The first-order valence-electron chi connectivity index (χ1n) is 24.7. The number of aryl methyl sites for hydroxylation is 1. The van der Waals surface area contributed by atoms with E-state index in [1.165, 1.54) is 4.90 Å². The van der Waals surface area contributed by atoms with Crippen LogP contribution in [0.5, 0.6) is 5.75 Å². The number of hydrogen-bond donors (Lipinski definition) is 3. The maximum Gasteiger partial charge on any atom is 0.253 e. The van der Waals surface area contributed by atoms with Gasteiger partial charge in [-0.2, -0.15) is 0 Å². The maximum absolute atomic E-state index is 14.1. The average molecular weight is 981 g/mol. The van der Waals surface area contributed by atoms with Crippen LogP contribution in [0.1, 0.15) is 118 Å². The Hall–Kier alpha value is -5.77. The Bertz CT molecular complexity index is 2710. The molecule has 3 N–H and O–H groups in total. The second kappa shape index (κ2) is 21.9. The number of rotatable bonds is 16. The van der Waals surface area contributed by atoms with E-state index in [0.717, 1.165) is 26.6 Å². The molecular weight excluding hydrogens is 912 g/mol. The standard InChI is InChI=1S/C54H65ClN6O7S/c1-33(36-21-23-37(24-22-36)45-34(2)57-32-69-45)58-47(64)43-28-39(62)30-61(43)49(66)46(52(3,4)5)59-44(63)31-67-27-15-13-12-14-16-35-17-19-38(20-18-35)48(65)60(11)50-53(6,7)51(54(50,8)9)68-40-25-26-42(56-10)41(55)29-40/h17-26,29,32-33,39,43,46,50-51,62H,12-13,15,27-28,30-31H2,1-9,11H3,(H,58,64)(H,59,63)/t33-,39+,43-,46+,50?,51?/m0/s1/i11D3. The van der Waals surface area contributed by atoms with E-state index in [2.05, 4.69) is 32.3 Å². The van der Waals surface area contributed by atoms with E-state index in [1.807, 2.05) is 86.6 Å². The van der Waals surface area contributed by atoms with Crippen LogP contribution in [0.2, 0.25) is 5.02 Å². The minimum absolute atomic E-state index is 0.0388. The molecule has 6 rings (SSSR count). The number of likely N-dealkylation sites (tertiary alicyclic amines) is 1. The summed E-state index contributed by atoms with van der Waals surface area (Å²) in [4.78, 5) is 66.0. The third kappa shape index (κ3) is 12.2. The minimum Gasteiger partial charge on any atom is -0.489 e. The molecule has 1 aromatic heterocycles. The summed E-state index contributed by atoms with van der Waals surface area (Å²) in [6.45, 7) is 21.3. The summed E-state index contributed by atoms with van der Waals surface area (Å²) in [6.07, 6.45) is 0.517. The number of unbranched alkanes of at least 4 members (excludes halogenated alkanes) is 2. The molecule has 366 valence electrons. The molecule has 13 nitrogen and oxygen atoms in total. The zero-order valence-corrected chi connectivity index (χ0v) is 42.4. The number of ether oxygens (including phenoxy) is 2. The molecule has 1 saturated heterocycles. The van der Waals surface area contributed by atoms with Gasteiger partial charge >= 0.3 is 0 Å². The Morgan fingerprint density at radius 2 is 1.75 bits per heavy atom.